The molecular weight excluding hydrogens is 455 g/mol. The summed E-state index contributed by atoms with van der Waals surface area (Å²) in [5.74, 6) is 0.582. The second-order valence-corrected chi connectivity index (χ2v) is 8.23. The molecule has 6 nitrogen and oxygen atoms in total. The Hall–Kier alpha value is -3.20. The molecule has 1 aliphatic rings. The van der Waals surface area contributed by atoms with Crippen molar-refractivity contribution in [2.75, 3.05) is 18.0 Å². The van der Waals surface area contributed by atoms with Gasteiger partial charge in [0.15, 0.2) is 0 Å². The van der Waals surface area contributed by atoms with Crippen LogP contribution in [-0.4, -0.2) is 40.0 Å². The fourth-order valence-corrected chi connectivity index (χ4v) is 4.06. The molecule has 0 bridgehead atoms. The first-order valence-electron chi connectivity index (χ1n) is 10.4. The van der Waals surface area contributed by atoms with E-state index < -0.39 is 11.7 Å². The van der Waals surface area contributed by atoms with Crippen LogP contribution in [0.15, 0.2) is 48.9 Å². The van der Waals surface area contributed by atoms with Crippen molar-refractivity contribution in [1.82, 2.24) is 20.3 Å². The summed E-state index contributed by atoms with van der Waals surface area (Å²) in [6, 6.07) is 6.62. The minimum atomic E-state index is -4.42. The molecule has 1 amide bonds. The smallest absolute Gasteiger partial charge is 0.355 e. The number of alkyl halides is 3. The third-order valence-electron chi connectivity index (χ3n) is 5.50. The molecule has 172 valence electrons. The second kappa shape index (κ2) is 9.35. The predicted molar refractivity (Wildman–Crippen MR) is 120 cm³/mol. The van der Waals surface area contributed by atoms with Crippen molar-refractivity contribution in [3.8, 4) is 22.5 Å². The van der Waals surface area contributed by atoms with Crippen LogP contribution in [0.4, 0.5) is 19.0 Å². The molecule has 0 atom stereocenters. The average Bonchev–Trinajstić information content (AvgIpc) is 2.79. The number of nitrogens with zero attached hydrogens (tertiary/aromatic N) is 4. The predicted octanol–water partition coefficient (Wildman–Crippen LogP) is 4.98. The van der Waals surface area contributed by atoms with Gasteiger partial charge in [0.05, 0.1) is 22.5 Å². The molecule has 1 aliphatic heterocycles. The van der Waals surface area contributed by atoms with Crippen LogP contribution < -0.4 is 10.2 Å². The van der Waals surface area contributed by atoms with Crippen LogP contribution in [0, 0.1) is 0 Å². The van der Waals surface area contributed by atoms with E-state index in [1.165, 1.54) is 25.3 Å². The van der Waals surface area contributed by atoms with Gasteiger partial charge in [0, 0.05) is 49.6 Å². The molecule has 4 rings (SSSR count). The minimum absolute atomic E-state index is 0.0521. The monoisotopic (exact) mass is 475 g/mol. The highest BCUT2D eigenvalue weighted by Crippen LogP contribution is 2.36. The lowest BCUT2D eigenvalue weighted by atomic mass is 10.0. The summed E-state index contributed by atoms with van der Waals surface area (Å²) < 4.78 is 39.0. The van der Waals surface area contributed by atoms with Crippen LogP contribution in [-0.2, 0) is 11.0 Å². The van der Waals surface area contributed by atoms with Gasteiger partial charge in [-0.05, 0) is 31.0 Å². The number of halogens is 4. The van der Waals surface area contributed by atoms with Crippen molar-refractivity contribution in [3.63, 3.8) is 0 Å². The zero-order valence-electron chi connectivity index (χ0n) is 17.7. The number of nitrogens with one attached hydrogen (secondary N) is 1. The molecule has 2 aromatic heterocycles. The minimum Gasteiger partial charge on any atom is -0.355 e. The molecule has 1 fully saturated rings. The van der Waals surface area contributed by atoms with E-state index in [1.54, 1.807) is 18.5 Å². The normalized spacial score (nSPS) is 14.9. The van der Waals surface area contributed by atoms with Crippen molar-refractivity contribution in [2.45, 2.75) is 32.0 Å². The zero-order chi connectivity index (χ0) is 23.6. The van der Waals surface area contributed by atoms with Crippen LogP contribution in [0.5, 0.6) is 0 Å². The molecule has 1 aromatic carbocycles. The summed E-state index contributed by atoms with van der Waals surface area (Å²) in [5, 5.41) is 3.30. The highest BCUT2D eigenvalue weighted by atomic mass is 35.5. The van der Waals surface area contributed by atoms with Crippen LogP contribution in [0.3, 0.4) is 0 Å². The van der Waals surface area contributed by atoms with Crippen LogP contribution >= 0.6 is 11.6 Å². The molecule has 0 radical (unpaired) electrons. The summed E-state index contributed by atoms with van der Waals surface area (Å²) >= 11 is 6.38. The maximum absolute atomic E-state index is 13.0. The van der Waals surface area contributed by atoms with Crippen LogP contribution in [0.1, 0.15) is 25.3 Å². The van der Waals surface area contributed by atoms with E-state index in [1.807, 2.05) is 0 Å². The average molecular weight is 476 g/mol. The number of benzene rings is 1. The number of hydrogen-bond donors (Lipinski definition) is 1. The molecule has 3 aromatic rings. The number of pyridine rings is 1. The van der Waals surface area contributed by atoms with Gasteiger partial charge in [0.25, 0.3) is 0 Å². The Labute approximate surface area is 193 Å². The third kappa shape index (κ3) is 5.24. The number of amides is 1. The Morgan fingerprint density at radius 2 is 1.79 bits per heavy atom. The van der Waals surface area contributed by atoms with Gasteiger partial charge in [-0.1, -0.05) is 23.7 Å². The topological polar surface area (TPSA) is 71.0 Å². The van der Waals surface area contributed by atoms with Gasteiger partial charge in [-0.2, -0.15) is 13.2 Å². The molecule has 0 aliphatic carbocycles. The number of anilines is 1. The van der Waals surface area contributed by atoms with Crippen molar-refractivity contribution in [2.24, 2.45) is 0 Å². The molecule has 10 heteroatoms. The quantitative estimate of drug-likeness (QED) is 0.576. The Balaban J connectivity index is 1.70. The SMILES string of the molecule is CC(=O)NC1CCN(c2cnc(-c3ccc(C(F)(F)F)cc3)c(-c3ccncc3Cl)n2)CC1. The largest absolute Gasteiger partial charge is 0.416 e. The van der Waals surface area contributed by atoms with Gasteiger partial charge in [-0.25, -0.2) is 4.98 Å². The van der Waals surface area contributed by atoms with Gasteiger partial charge >= 0.3 is 6.18 Å². The summed E-state index contributed by atoms with van der Waals surface area (Å²) in [4.78, 5) is 26.8. The van der Waals surface area contributed by atoms with E-state index in [4.69, 9.17) is 16.6 Å². The third-order valence-corrected chi connectivity index (χ3v) is 5.80. The van der Waals surface area contributed by atoms with E-state index in [0.29, 0.717) is 46.4 Å². The van der Waals surface area contributed by atoms with E-state index in [-0.39, 0.29) is 11.9 Å². The number of hydrogen-bond acceptors (Lipinski definition) is 5. The Morgan fingerprint density at radius 1 is 1.09 bits per heavy atom. The van der Waals surface area contributed by atoms with Crippen molar-refractivity contribution < 1.29 is 18.0 Å². The van der Waals surface area contributed by atoms with Crippen molar-refractivity contribution in [3.05, 3.63) is 59.5 Å². The molecule has 0 unspecified atom stereocenters. The molecule has 3 heterocycles. The summed E-state index contributed by atoms with van der Waals surface area (Å²) in [6.07, 6.45) is 1.80. The standard InChI is InChI=1S/C23H21ClF3N5O/c1-14(33)30-17-7-10-32(11-8-17)20-13-29-21(15-2-4-16(5-3-15)23(25,26)27)22(31-20)18-6-9-28-12-19(18)24/h2-6,9,12-13,17H,7-8,10-11H2,1H3,(H,30,33). The fourth-order valence-electron chi connectivity index (χ4n) is 3.86. The number of carbonyl (C=O) groups excluding carboxylic acids is 1. The Kier molecular flexibility index (Phi) is 6.51. The highest BCUT2D eigenvalue weighted by molar-refractivity contribution is 6.33. The van der Waals surface area contributed by atoms with Gasteiger partial charge in [-0.15, -0.1) is 0 Å². The molecule has 1 N–H and O–H groups in total. The molecule has 0 spiro atoms. The van der Waals surface area contributed by atoms with Gasteiger partial charge in [0.2, 0.25) is 5.91 Å². The maximum Gasteiger partial charge on any atom is 0.416 e. The molecular formula is C23H21ClF3N5O. The summed E-state index contributed by atoms with van der Waals surface area (Å²) in [6.45, 7) is 2.87. The van der Waals surface area contributed by atoms with E-state index in [0.717, 1.165) is 25.0 Å². The maximum atomic E-state index is 13.0. The van der Waals surface area contributed by atoms with Crippen LogP contribution in [0.2, 0.25) is 5.02 Å². The lowest BCUT2D eigenvalue weighted by Crippen LogP contribution is -2.44. The second-order valence-electron chi connectivity index (χ2n) is 7.82. The highest BCUT2D eigenvalue weighted by Gasteiger charge is 2.30. The first kappa shape index (κ1) is 23.0. The first-order chi connectivity index (χ1) is 15.7. The van der Waals surface area contributed by atoms with Gasteiger partial charge in [-0.3, -0.25) is 14.8 Å². The zero-order valence-corrected chi connectivity index (χ0v) is 18.5. The Morgan fingerprint density at radius 3 is 2.39 bits per heavy atom. The number of piperidine rings is 1. The van der Waals surface area contributed by atoms with E-state index in [9.17, 15) is 18.0 Å². The van der Waals surface area contributed by atoms with Gasteiger partial charge < -0.3 is 10.2 Å². The van der Waals surface area contributed by atoms with Gasteiger partial charge in [0.1, 0.15) is 11.5 Å². The number of rotatable bonds is 4. The molecule has 1 saturated heterocycles. The van der Waals surface area contributed by atoms with Crippen molar-refractivity contribution >= 4 is 23.3 Å². The number of aromatic nitrogens is 3. The van der Waals surface area contributed by atoms with E-state index in [2.05, 4.69) is 20.2 Å². The van der Waals surface area contributed by atoms with Crippen molar-refractivity contribution in [1.29, 1.82) is 0 Å². The first-order valence-corrected chi connectivity index (χ1v) is 10.8. The summed E-state index contributed by atoms with van der Waals surface area (Å²) in [5.41, 5.74) is 1.23. The lowest BCUT2D eigenvalue weighted by molar-refractivity contribution is -0.137. The Bertz CT molecular complexity index is 1150. The van der Waals surface area contributed by atoms with Crippen LogP contribution in [0.25, 0.3) is 22.5 Å². The summed E-state index contributed by atoms with van der Waals surface area (Å²) in [7, 11) is 0. The molecule has 0 saturated carbocycles. The molecule has 33 heavy (non-hydrogen) atoms. The lowest BCUT2D eigenvalue weighted by Gasteiger charge is -2.33. The fraction of sp³-hybridized carbons (Fsp3) is 0.304. The van der Waals surface area contributed by atoms with E-state index >= 15 is 0 Å². The number of carbonyl (C=O) groups is 1.